The van der Waals surface area contributed by atoms with Crippen molar-refractivity contribution in [3.8, 4) is 10.4 Å². The molecule has 1 amide bonds. The normalized spacial score (nSPS) is 21.1. The Bertz CT molecular complexity index is 1250. The van der Waals surface area contributed by atoms with Crippen molar-refractivity contribution >= 4 is 62.2 Å². The minimum Gasteiger partial charge on any atom is -0.335 e. The molecule has 2 aliphatic heterocycles. The van der Waals surface area contributed by atoms with Gasteiger partial charge in [0.2, 0.25) is 0 Å². The topological polar surface area (TPSA) is 79.4 Å². The number of benzene rings is 1. The fraction of sp³-hybridized carbons (Fsp3) is 0.615. The summed E-state index contributed by atoms with van der Waals surface area (Å²) in [5, 5.41) is 1.04. The second-order valence-electron chi connectivity index (χ2n) is 11.8. The lowest BCUT2D eigenvalue weighted by Crippen LogP contribution is -2.67. The van der Waals surface area contributed by atoms with Gasteiger partial charge in [-0.25, -0.2) is 13.9 Å². The average Bonchev–Trinajstić information content (AvgIpc) is 3.19. The van der Waals surface area contributed by atoms with Gasteiger partial charge in [-0.3, -0.25) is 9.00 Å². The molecule has 37 heavy (non-hydrogen) atoms. The van der Waals surface area contributed by atoms with E-state index in [-0.39, 0.29) is 21.9 Å². The van der Waals surface area contributed by atoms with E-state index in [0.717, 1.165) is 35.4 Å². The highest BCUT2D eigenvalue weighted by Gasteiger charge is 2.53. The van der Waals surface area contributed by atoms with Crippen LogP contribution in [0.1, 0.15) is 68.4 Å². The van der Waals surface area contributed by atoms with Crippen LogP contribution in [0.2, 0.25) is 10.0 Å². The lowest BCUT2D eigenvalue weighted by molar-refractivity contribution is 0.0216. The van der Waals surface area contributed by atoms with Crippen LogP contribution in [0.15, 0.2) is 17.0 Å². The first-order chi connectivity index (χ1) is 17.4. The SMILES string of the molecule is CC(C)(C)NS(=O)c1ccc(-c2sc(C(=O)N3CC4(C3)CS(=O)C4)nc2CC2CCCCC2)c(Cl)c1Cl. The predicted octanol–water partition coefficient (Wildman–Crippen LogP) is 5.85. The average molecular weight is 603 g/mol. The summed E-state index contributed by atoms with van der Waals surface area (Å²) in [5.74, 6) is 1.85. The number of nitrogens with zero attached hydrogens (tertiary/aromatic N) is 2. The number of thiazole rings is 1. The van der Waals surface area contributed by atoms with E-state index in [9.17, 15) is 13.2 Å². The standard InChI is InChI=1S/C26H33Cl2N3O3S3/c1-25(2,3)30-37(34)19-10-9-17(20(27)21(19)28)22-18(11-16-7-5-4-6-8-16)29-23(35-22)24(32)31-12-26(13-31)14-36(33)15-26/h9-10,16,30H,4-8,11-15H2,1-3H3. The first-order valence-corrected chi connectivity index (χ1v) is 17.0. The Kier molecular flexibility index (Phi) is 7.95. The van der Waals surface area contributed by atoms with Gasteiger partial charge in [0.1, 0.15) is 11.0 Å². The number of rotatable bonds is 6. The van der Waals surface area contributed by atoms with Gasteiger partial charge < -0.3 is 4.90 Å². The van der Waals surface area contributed by atoms with Crippen molar-refractivity contribution in [1.82, 2.24) is 14.6 Å². The smallest absolute Gasteiger partial charge is 0.282 e. The van der Waals surface area contributed by atoms with E-state index in [1.54, 1.807) is 6.07 Å². The molecule has 1 spiro atoms. The van der Waals surface area contributed by atoms with Gasteiger partial charge in [-0.15, -0.1) is 11.3 Å². The Morgan fingerprint density at radius 3 is 2.49 bits per heavy atom. The molecule has 1 aliphatic carbocycles. The molecule has 2 aromatic rings. The van der Waals surface area contributed by atoms with Crippen molar-refractivity contribution in [1.29, 1.82) is 0 Å². The molecule has 11 heteroatoms. The van der Waals surface area contributed by atoms with Crippen LogP contribution in [0.25, 0.3) is 10.4 Å². The molecule has 1 N–H and O–H groups in total. The summed E-state index contributed by atoms with van der Waals surface area (Å²) >= 11 is 14.8. The zero-order chi connectivity index (χ0) is 26.5. The van der Waals surface area contributed by atoms with Crippen LogP contribution in [0.3, 0.4) is 0 Å². The highest BCUT2D eigenvalue weighted by atomic mass is 35.5. The Balaban J connectivity index is 1.45. The van der Waals surface area contributed by atoms with Crippen molar-refractivity contribution in [2.45, 2.75) is 69.7 Å². The summed E-state index contributed by atoms with van der Waals surface area (Å²) in [4.78, 5) is 21.3. The van der Waals surface area contributed by atoms with Gasteiger partial charge in [-0.05, 0) is 39.2 Å². The zero-order valence-electron chi connectivity index (χ0n) is 21.4. The second kappa shape index (κ2) is 10.6. The molecule has 1 aromatic heterocycles. The van der Waals surface area contributed by atoms with E-state index in [1.165, 1.54) is 30.6 Å². The first-order valence-electron chi connectivity index (χ1n) is 12.8. The molecule has 3 fully saturated rings. The van der Waals surface area contributed by atoms with Gasteiger partial charge in [0.15, 0.2) is 5.01 Å². The number of carbonyl (C=O) groups is 1. The second-order valence-corrected chi connectivity index (χ2v) is 16.1. The fourth-order valence-electron chi connectivity index (χ4n) is 5.51. The first kappa shape index (κ1) is 27.7. The van der Waals surface area contributed by atoms with Crippen LogP contribution in [-0.2, 0) is 28.2 Å². The third-order valence-electron chi connectivity index (χ3n) is 7.25. The number of likely N-dealkylation sites (tertiary alicyclic amines) is 1. The van der Waals surface area contributed by atoms with E-state index in [2.05, 4.69) is 4.72 Å². The number of amides is 1. The molecule has 0 bridgehead atoms. The molecular formula is C26H33Cl2N3O3S3. The summed E-state index contributed by atoms with van der Waals surface area (Å²) in [6.45, 7) is 7.11. The summed E-state index contributed by atoms with van der Waals surface area (Å²) in [6.07, 6.45) is 6.85. The minimum absolute atomic E-state index is 0.0505. The van der Waals surface area contributed by atoms with Gasteiger partial charge in [0.05, 0.1) is 25.5 Å². The van der Waals surface area contributed by atoms with E-state index in [0.29, 0.717) is 45.4 Å². The van der Waals surface area contributed by atoms with Crippen molar-refractivity contribution in [3.05, 3.63) is 32.9 Å². The van der Waals surface area contributed by atoms with Crippen LogP contribution in [0, 0.1) is 11.3 Å². The molecule has 6 nitrogen and oxygen atoms in total. The van der Waals surface area contributed by atoms with Crippen LogP contribution in [0.4, 0.5) is 0 Å². The summed E-state index contributed by atoms with van der Waals surface area (Å²) in [5.41, 5.74) is 1.30. The largest absolute Gasteiger partial charge is 0.335 e. The highest BCUT2D eigenvalue weighted by Crippen LogP contribution is 2.44. The molecular weight excluding hydrogens is 569 g/mol. The summed E-state index contributed by atoms with van der Waals surface area (Å²) < 4.78 is 27.5. The Morgan fingerprint density at radius 1 is 1.19 bits per heavy atom. The van der Waals surface area contributed by atoms with Gasteiger partial charge in [0, 0.05) is 51.9 Å². The minimum atomic E-state index is -1.52. The van der Waals surface area contributed by atoms with E-state index >= 15 is 0 Å². The van der Waals surface area contributed by atoms with Crippen LogP contribution in [-0.4, -0.2) is 54.3 Å². The molecule has 1 aromatic carbocycles. The van der Waals surface area contributed by atoms with Crippen molar-refractivity contribution in [3.63, 3.8) is 0 Å². The fourth-order valence-corrected chi connectivity index (χ4v) is 10.1. The number of carbonyl (C=O) groups excluding carboxylic acids is 1. The van der Waals surface area contributed by atoms with Crippen LogP contribution in [0.5, 0.6) is 0 Å². The molecule has 5 rings (SSSR count). The molecule has 2 saturated heterocycles. The van der Waals surface area contributed by atoms with E-state index in [4.69, 9.17) is 28.2 Å². The van der Waals surface area contributed by atoms with Crippen molar-refractivity contribution < 1.29 is 13.2 Å². The van der Waals surface area contributed by atoms with Gasteiger partial charge >= 0.3 is 0 Å². The lowest BCUT2D eigenvalue weighted by atomic mass is 9.83. The number of hydrogen-bond donors (Lipinski definition) is 1. The maximum absolute atomic E-state index is 13.3. The monoisotopic (exact) mass is 601 g/mol. The van der Waals surface area contributed by atoms with Gasteiger partial charge in [-0.2, -0.15) is 0 Å². The highest BCUT2D eigenvalue weighted by molar-refractivity contribution is 7.86. The molecule has 1 unspecified atom stereocenters. The molecule has 3 heterocycles. The van der Waals surface area contributed by atoms with Crippen LogP contribution < -0.4 is 4.72 Å². The third kappa shape index (κ3) is 5.87. The molecule has 1 atom stereocenters. The number of hydrogen-bond acceptors (Lipinski definition) is 5. The summed E-state index contributed by atoms with van der Waals surface area (Å²) in [7, 11) is -2.25. The van der Waals surface area contributed by atoms with Crippen molar-refractivity contribution in [2.24, 2.45) is 11.3 Å². The predicted molar refractivity (Wildman–Crippen MR) is 153 cm³/mol. The van der Waals surface area contributed by atoms with E-state index < -0.39 is 21.8 Å². The Hall–Kier alpha value is -0.840. The lowest BCUT2D eigenvalue weighted by Gasteiger charge is -2.54. The van der Waals surface area contributed by atoms with Crippen molar-refractivity contribution in [2.75, 3.05) is 24.6 Å². The Morgan fingerprint density at radius 2 is 1.86 bits per heavy atom. The Labute approximate surface area is 237 Å². The van der Waals surface area contributed by atoms with Gasteiger partial charge in [-0.1, -0.05) is 61.4 Å². The summed E-state index contributed by atoms with van der Waals surface area (Å²) in [6, 6.07) is 3.60. The van der Waals surface area contributed by atoms with E-state index in [1.807, 2.05) is 31.7 Å². The third-order valence-corrected chi connectivity index (χ3v) is 12.8. The maximum Gasteiger partial charge on any atom is 0.282 e. The zero-order valence-corrected chi connectivity index (χ0v) is 25.4. The van der Waals surface area contributed by atoms with Gasteiger partial charge in [0.25, 0.3) is 5.91 Å². The number of aromatic nitrogens is 1. The number of nitrogens with one attached hydrogen (secondary N) is 1. The number of halogens is 2. The molecule has 0 radical (unpaired) electrons. The quantitative estimate of drug-likeness (QED) is 0.450. The molecule has 1 saturated carbocycles. The maximum atomic E-state index is 13.3. The molecule has 202 valence electrons. The van der Waals surface area contributed by atoms with Crippen LogP contribution >= 0.6 is 34.5 Å². The molecule has 3 aliphatic rings.